The van der Waals surface area contributed by atoms with Gasteiger partial charge in [0.1, 0.15) is 0 Å². The lowest BCUT2D eigenvalue weighted by atomic mass is 10.1. The van der Waals surface area contributed by atoms with Crippen molar-refractivity contribution in [1.29, 1.82) is 0 Å². The molecule has 106 valence electrons. The largest absolute Gasteiger partial charge is 0.396 e. The van der Waals surface area contributed by atoms with Gasteiger partial charge in [-0.25, -0.2) is 0 Å². The van der Waals surface area contributed by atoms with E-state index < -0.39 is 0 Å². The van der Waals surface area contributed by atoms with Crippen LogP contribution in [0.4, 0.5) is 0 Å². The van der Waals surface area contributed by atoms with Gasteiger partial charge in [-0.05, 0) is 25.8 Å². The van der Waals surface area contributed by atoms with Gasteiger partial charge >= 0.3 is 0 Å². The molecule has 0 bridgehead atoms. The summed E-state index contributed by atoms with van der Waals surface area (Å²) in [6, 6.07) is 0. The van der Waals surface area contributed by atoms with Crippen LogP contribution in [0.25, 0.3) is 0 Å². The van der Waals surface area contributed by atoms with E-state index in [9.17, 15) is 0 Å². The van der Waals surface area contributed by atoms with Gasteiger partial charge in [-0.2, -0.15) is 0 Å². The number of hydrogen-bond acceptors (Lipinski definition) is 2. The van der Waals surface area contributed by atoms with Gasteiger partial charge in [0.15, 0.2) is 0 Å². The van der Waals surface area contributed by atoms with Gasteiger partial charge < -0.3 is 5.11 Å². The molecule has 1 heterocycles. The maximum absolute atomic E-state index is 8.67. The van der Waals surface area contributed by atoms with E-state index in [0.29, 0.717) is 6.61 Å². The lowest BCUT2D eigenvalue weighted by molar-refractivity contribution is 0.282. The van der Waals surface area contributed by atoms with Crippen molar-refractivity contribution in [2.24, 2.45) is 0 Å². The fourth-order valence-electron chi connectivity index (χ4n) is 2.58. The van der Waals surface area contributed by atoms with Gasteiger partial charge in [0.05, 0.1) is 0 Å². The highest BCUT2D eigenvalue weighted by atomic mass is 16.2. The zero-order valence-corrected chi connectivity index (χ0v) is 11.9. The summed E-state index contributed by atoms with van der Waals surface area (Å²) in [6.07, 6.45) is 17.7. The number of aliphatic hydroxyl groups excluding tert-OH is 1. The van der Waals surface area contributed by atoms with Crippen molar-refractivity contribution in [2.75, 3.05) is 26.2 Å². The van der Waals surface area contributed by atoms with Crippen molar-refractivity contribution >= 4 is 0 Å². The summed E-state index contributed by atoms with van der Waals surface area (Å²) in [5, 5.41) is 8.67. The molecule has 0 saturated heterocycles. The Labute approximate surface area is 113 Å². The third-order valence-electron chi connectivity index (χ3n) is 3.77. The summed E-state index contributed by atoms with van der Waals surface area (Å²) in [6.45, 7) is 4.10. The maximum atomic E-state index is 8.67. The third-order valence-corrected chi connectivity index (χ3v) is 3.77. The van der Waals surface area contributed by atoms with Gasteiger partial charge in [-0.1, -0.05) is 57.1 Å². The van der Waals surface area contributed by atoms with Crippen LogP contribution < -0.4 is 0 Å². The predicted molar refractivity (Wildman–Crippen MR) is 78.8 cm³/mol. The minimum Gasteiger partial charge on any atom is -0.396 e. The molecule has 0 saturated carbocycles. The van der Waals surface area contributed by atoms with Crippen molar-refractivity contribution in [2.45, 2.75) is 64.2 Å². The predicted octanol–water partition coefficient (Wildman–Crippen LogP) is 3.75. The molecule has 0 radical (unpaired) electrons. The van der Waals surface area contributed by atoms with Crippen molar-refractivity contribution < 1.29 is 5.11 Å². The van der Waals surface area contributed by atoms with Crippen LogP contribution in [0.15, 0.2) is 12.2 Å². The van der Waals surface area contributed by atoms with Crippen molar-refractivity contribution in [1.82, 2.24) is 4.90 Å². The number of hydrogen-bond donors (Lipinski definition) is 1. The lowest BCUT2D eigenvalue weighted by Crippen LogP contribution is -2.28. The zero-order valence-electron chi connectivity index (χ0n) is 11.9. The maximum Gasteiger partial charge on any atom is 0.0431 e. The van der Waals surface area contributed by atoms with E-state index in [0.717, 1.165) is 6.42 Å². The average Bonchev–Trinajstić information content (AvgIpc) is 2.42. The zero-order chi connectivity index (χ0) is 12.9. The SMILES string of the molecule is OCCCCCCCCCCCN1CC=CCC1. The Morgan fingerprint density at radius 2 is 1.39 bits per heavy atom. The molecule has 1 aliphatic rings. The molecule has 0 aromatic rings. The molecule has 1 aliphatic heterocycles. The van der Waals surface area contributed by atoms with E-state index in [4.69, 9.17) is 5.11 Å². The van der Waals surface area contributed by atoms with E-state index in [1.807, 2.05) is 0 Å². The second kappa shape index (κ2) is 11.7. The van der Waals surface area contributed by atoms with Crippen molar-refractivity contribution in [3.05, 3.63) is 12.2 Å². The first-order chi connectivity index (χ1) is 8.93. The molecule has 0 aromatic carbocycles. The van der Waals surface area contributed by atoms with Crippen LogP contribution in [0.1, 0.15) is 64.2 Å². The normalized spacial score (nSPS) is 16.3. The minimum atomic E-state index is 0.367. The Morgan fingerprint density at radius 1 is 0.778 bits per heavy atom. The smallest absolute Gasteiger partial charge is 0.0431 e. The topological polar surface area (TPSA) is 23.5 Å². The first-order valence-electron chi connectivity index (χ1n) is 7.91. The van der Waals surface area contributed by atoms with E-state index in [2.05, 4.69) is 17.1 Å². The van der Waals surface area contributed by atoms with Gasteiger partial charge in [-0.3, -0.25) is 4.90 Å². The quantitative estimate of drug-likeness (QED) is 0.448. The van der Waals surface area contributed by atoms with Crippen molar-refractivity contribution in [3.8, 4) is 0 Å². The molecule has 2 heteroatoms. The molecule has 2 nitrogen and oxygen atoms in total. The van der Waals surface area contributed by atoms with Crippen LogP contribution in [0.5, 0.6) is 0 Å². The Hall–Kier alpha value is -0.340. The van der Waals surface area contributed by atoms with Gasteiger partial charge in [0, 0.05) is 19.7 Å². The molecule has 0 unspecified atom stereocenters. The highest BCUT2D eigenvalue weighted by Crippen LogP contribution is 2.10. The molecular weight excluding hydrogens is 222 g/mol. The summed E-state index contributed by atoms with van der Waals surface area (Å²) in [5.41, 5.74) is 0. The minimum absolute atomic E-state index is 0.367. The first-order valence-corrected chi connectivity index (χ1v) is 7.91. The van der Waals surface area contributed by atoms with E-state index in [1.165, 1.54) is 77.4 Å². The van der Waals surface area contributed by atoms with Gasteiger partial charge in [0.25, 0.3) is 0 Å². The second-order valence-corrected chi connectivity index (χ2v) is 5.47. The van der Waals surface area contributed by atoms with Gasteiger partial charge in [0.2, 0.25) is 0 Å². The molecule has 0 amide bonds. The fourth-order valence-corrected chi connectivity index (χ4v) is 2.58. The Bertz CT molecular complexity index is 203. The summed E-state index contributed by atoms with van der Waals surface area (Å²) in [5.74, 6) is 0. The number of aliphatic hydroxyl groups is 1. The molecule has 1 N–H and O–H groups in total. The van der Waals surface area contributed by atoms with E-state index >= 15 is 0 Å². The van der Waals surface area contributed by atoms with E-state index in [-0.39, 0.29) is 0 Å². The van der Waals surface area contributed by atoms with Gasteiger partial charge in [-0.15, -0.1) is 0 Å². The molecule has 18 heavy (non-hydrogen) atoms. The van der Waals surface area contributed by atoms with Crippen LogP contribution in [0.3, 0.4) is 0 Å². The number of nitrogens with zero attached hydrogens (tertiary/aromatic N) is 1. The third kappa shape index (κ3) is 8.71. The molecule has 0 spiro atoms. The average molecular weight is 253 g/mol. The fraction of sp³-hybridized carbons (Fsp3) is 0.875. The number of rotatable bonds is 11. The summed E-state index contributed by atoms with van der Waals surface area (Å²) < 4.78 is 0. The van der Waals surface area contributed by atoms with Crippen LogP contribution >= 0.6 is 0 Å². The van der Waals surface area contributed by atoms with Crippen molar-refractivity contribution in [3.63, 3.8) is 0 Å². The van der Waals surface area contributed by atoms with E-state index in [1.54, 1.807) is 0 Å². The molecule has 1 rings (SSSR count). The number of unbranched alkanes of at least 4 members (excludes halogenated alkanes) is 8. The summed E-state index contributed by atoms with van der Waals surface area (Å²) in [7, 11) is 0. The Balaban J connectivity index is 1.74. The first kappa shape index (κ1) is 15.7. The standard InChI is InChI=1S/C16H31NO/c18-16-12-7-5-3-1-2-4-6-9-13-17-14-10-8-11-15-17/h8,10,18H,1-7,9,11-16H2. The molecular formula is C16H31NO. The lowest BCUT2D eigenvalue weighted by Gasteiger charge is -2.22. The second-order valence-electron chi connectivity index (χ2n) is 5.47. The van der Waals surface area contributed by atoms with Crippen LogP contribution in [-0.2, 0) is 0 Å². The van der Waals surface area contributed by atoms with Crippen LogP contribution in [0.2, 0.25) is 0 Å². The highest BCUT2D eigenvalue weighted by Gasteiger charge is 2.04. The highest BCUT2D eigenvalue weighted by molar-refractivity contribution is 4.90. The molecule has 0 atom stereocenters. The Morgan fingerprint density at radius 3 is 1.94 bits per heavy atom. The van der Waals surface area contributed by atoms with Crippen LogP contribution in [0, 0.1) is 0 Å². The Kier molecular flexibility index (Phi) is 10.2. The van der Waals surface area contributed by atoms with Crippen LogP contribution in [-0.4, -0.2) is 36.2 Å². The molecule has 0 aliphatic carbocycles. The summed E-state index contributed by atoms with van der Waals surface area (Å²) >= 11 is 0. The monoisotopic (exact) mass is 253 g/mol. The molecule has 0 fully saturated rings. The molecule has 0 aromatic heterocycles. The summed E-state index contributed by atoms with van der Waals surface area (Å²) in [4.78, 5) is 2.56.